The summed E-state index contributed by atoms with van der Waals surface area (Å²) in [6.45, 7) is 2.14. The number of hydrogen-bond acceptors (Lipinski definition) is 1. The van der Waals surface area contributed by atoms with Gasteiger partial charge in [-0.15, -0.1) is 0 Å². The average molecular weight is 184 g/mol. The van der Waals surface area contributed by atoms with E-state index in [4.69, 9.17) is 0 Å². The molecule has 2 rings (SSSR count). The number of benzene rings is 2. The lowest BCUT2D eigenvalue weighted by Gasteiger charge is -2.11. The van der Waals surface area contributed by atoms with Crippen LogP contribution in [-0.4, -0.2) is 19.0 Å². The Morgan fingerprint density at radius 2 is 1.64 bits per heavy atom. The van der Waals surface area contributed by atoms with Crippen molar-refractivity contribution in [3.8, 4) is 0 Å². The largest absolute Gasteiger partial charge is 0.301 e. The fraction of sp³-hybridized carbons (Fsp3) is 0.154. The zero-order chi connectivity index (χ0) is 9.97. The first-order chi connectivity index (χ1) is 6.77. The van der Waals surface area contributed by atoms with Gasteiger partial charge in [0.15, 0.2) is 0 Å². The van der Waals surface area contributed by atoms with Gasteiger partial charge in [-0.3, -0.25) is 0 Å². The SMILES string of the molecule is CN(C)[CH]c1cccc2ccccc12. The van der Waals surface area contributed by atoms with Crippen LogP contribution in [0.4, 0.5) is 0 Å². The van der Waals surface area contributed by atoms with Gasteiger partial charge in [0.1, 0.15) is 0 Å². The van der Waals surface area contributed by atoms with Crippen LogP contribution >= 0.6 is 0 Å². The molecule has 14 heavy (non-hydrogen) atoms. The highest BCUT2D eigenvalue weighted by atomic mass is 15.0. The topological polar surface area (TPSA) is 3.24 Å². The van der Waals surface area contributed by atoms with Crippen molar-refractivity contribution >= 4 is 10.8 Å². The smallest absolute Gasteiger partial charge is 0.0546 e. The van der Waals surface area contributed by atoms with E-state index in [1.54, 1.807) is 0 Å². The maximum atomic E-state index is 2.16. The summed E-state index contributed by atoms with van der Waals surface area (Å²) in [4.78, 5) is 2.07. The summed E-state index contributed by atoms with van der Waals surface area (Å²) in [5, 5.41) is 2.60. The summed E-state index contributed by atoms with van der Waals surface area (Å²) in [7, 11) is 4.09. The van der Waals surface area contributed by atoms with Crippen LogP contribution < -0.4 is 0 Å². The molecule has 2 aromatic rings. The minimum atomic E-state index is 1.27. The van der Waals surface area contributed by atoms with Crippen molar-refractivity contribution < 1.29 is 0 Å². The fourth-order valence-electron chi connectivity index (χ4n) is 1.64. The third-order valence-electron chi connectivity index (χ3n) is 2.22. The molecular weight excluding hydrogens is 170 g/mol. The predicted molar refractivity (Wildman–Crippen MR) is 61.0 cm³/mol. The van der Waals surface area contributed by atoms with Crippen LogP contribution in [0.1, 0.15) is 5.56 Å². The van der Waals surface area contributed by atoms with Crippen LogP contribution in [0.5, 0.6) is 0 Å². The number of fused-ring (bicyclic) bond motifs is 1. The summed E-state index contributed by atoms with van der Waals surface area (Å²) < 4.78 is 0. The summed E-state index contributed by atoms with van der Waals surface area (Å²) in [5.41, 5.74) is 1.27. The molecule has 0 heterocycles. The van der Waals surface area contributed by atoms with E-state index < -0.39 is 0 Å². The maximum Gasteiger partial charge on any atom is 0.0546 e. The highest BCUT2D eigenvalue weighted by molar-refractivity contribution is 5.86. The van der Waals surface area contributed by atoms with Gasteiger partial charge < -0.3 is 4.90 Å². The van der Waals surface area contributed by atoms with Gasteiger partial charge in [-0.25, -0.2) is 0 Å². The predicted octanol–water partition coefficient (Wildman–Crippen LogP) is 2.91. The van der Waals surface area contributed by atoms with Gasteiger partial charge in [0, 0.05) is 0 Å². The molecule has 0 unspecified atom stereocenters. The van der Waals surface area contributed by atoms with Crippen molar-refractivity contribution in [1.82, 2.24) is 4.90 Å². The molecule has 0 atom stereocenters. The molecule has 0 saturated heterocycles. The first-order valence-corrected chi connectivity index (χ1v) is 4.76. The minimum absolute atomic E-state index is 1.27. The van der Waals surface area contributed by atoms with Gasteiger partial charge >= 0.3 is 0 Å². The monoisotopic (exact) mass is 184 g/mol. The minimum Gasteiger partial charge on any atom is -0.301 e. The second-order valence-corrected chi connectivity index (χ2v) is 3.66. The van der Waals surface area contributed by atoms with Gasteiger partial charge in [0.2, 0.25) is 0 Å². The molecule has 71 valence electrons. The highest BCUT2D eigenvalue weighted by Gasteiger charge is 2.00. The van der Waals surface area contributed by atoms with Crippen LogP contribution in [0.15, 0.2) is 42.5 Å². The molecule has 2 aromatic carbocycles. The van der Waals surface area contributed by atoms with E-state index in [2.05, 4.69) is 53.9 Å². The molecule has 0 fully saturated rings. The second-order valence-electron chi connectivity index (χ2n) is 3.66. The quantitative estimate of drug-likeness (QED) is 0.693. The molecule has 0 saturated carbocycles. The molecule has 0 aromatic heterocycles. The molecule has 1 heteroatoms. The van der Waals surface area contributed by atoms with E-state index in [0.29, 0.717) is 0 Å². The maximum absolute atomic E-state index is 2.16. The van der Waals surface area contributed by atoms with E-state index in [1.807, 2.05) is 14.1 Å². The Morgan fingerprint density at radius 1 is 0.929 bits per heavy atom. The zero-order valence-corrected chi connectivity index (χ0v) is 8.57. The van der Waals surface area contributed by atoms with Crippen molar-refractivity contribution in [3.63, 3.8) is 0 Å². The fourth-order valence-corrected chi connectivity index (χ4v) is 1.64. The van der Waals surface area contributed by atoms with E-state index >= 15 is 0 Å². The summed E-state index contributed by atoms with van der Waals surface area (Å²) in [5.74, 6) is 0. The lowest BCUT2D eigenvalue weighted by molar-refractivity contribution is 0.517. The number of nitrogens with zero attached hydrogens (tertiary/aromatic N) is 1. The molecule has 1 nitrogen and oxygen atoms in total. The molecule has 0 spiro atoms. The Morgan fingerprint density at radius 3 is 2.43 bits per heavy atom. The Labute approximate surface area is 85.0 Å². The normalized spacial score (nSPS) is 11.1. The van der Waals surface area contributed by atoms with Crippen LogP contribution in [0.3, 0.4) is 0 Å². The van der Waals surface area contributed by atoms with Crippen molar-refractivity contribution in [1.29, 1.82) is 0 Å². The second kappa shape index (κ2) is 3.81. The Kier molecular flexibility index (Phi) is 2.51. The lowest BCUT2D eigenvalue weighted by Crippen LogP contribution is -2.08. The molecule has 0 aliphatic carbocycles. The molecule has 0 bridgehead atoms. The van der Waals surface area contributed by atoms with Crippen LogP contribution in [0.25, 0.3) is 10.8 Å². The Hall–Kier alpha value is -1.34. The van der Waals surface area contributed by atoms with Crippen molar-refractivity contribution in [2.24, 2.45) is 0 Å². The van der Waals surface area contributed by atoms with E-state index in [1.165, 1.54) is 16.3 Å². The van der Waals surface area contributed by atoms with Crippen molar-refractivity contribution in [2.75, 3.05) is 14.1 Å². The number of hydrogen-bond donors (Lipinski definition) is 0. The first-order valence-electron chi connectivity index (χ1n) is 4.76. The average Bonchev–Trinajstić information content (AvgIpc) is 2.18. The van der Waals surface area contributed by atoms with Crippen LogP contribution in [-0.2, 0) is 0 Å². The van der Waals surface area contributed by atoms with Crippen molar-refractivity contribution in [2.45, 2.75) is 0 Å². The molecule has 0 N–H and O–H groups in total. The molecule has 0 amide bonds. The Balaban J connectivity index is 2.53. The first kappa shape index (κ1) is 9.22. The van der Waals surface area contributed by atoms with Crippen LogP contribution in [0, 0.1) is 6.54 Å². The zero-order valence-electron chi connectivity index (χ0n) is 8.57. The highest BCUT2D eigenvalue weighted by Crippen LogP contribution is 2.19. The molecule has 0 aliphatic heterocycles. The Bertz CT molecular complexity index is 427. The van der Waals surface area contributed by atoms with E-state index in [-0.39, 0.29) is 0 Å². The third kappa shape index (κ3) is 1.78. The van der Waals surface area contributed by atoms with Gasteiger partial charge in [0.25, 0.3) is 0 Å². The number of rotatable bonds is 2. The third-order valence-corrected chi connectivity index (χ3v) is 2.22. The van der Waals surface area contributed by atoms with Gasteiger partial charge in [-0.05, 0) is 30.4 Å². The summed E-state index contributed by atoms with van der Waals surface area (Å²) in [6, 6.07) is 14.8. The van der Waals surface area contributed by atoms with Crippen LogP contribution in [0.2, 0.25) is 0 Å². The summed E-state index contributed by atoms with van der Waals surface area (Å²) in [6.07, 6.45) is 0. The van der Waals surface area contributed by atoms with Gasteiger partial charge in [0.05, 0.1) is 6.54 Å². The standard InChI is InChI=1S/C13H14N/c1-14(2)10-12-8-5-7-11-6-3-4-9-13(11)12/h3-10H,1-2H3. The van der Waals surface area contributed by atoms with E-state index in [9.17, 15) is 0 Å². The van der Waals surface area contributed by atoms with Gasteiger partial charge in [-0.1, -0.05) is 42.5 Å². The lowest BCUT2D eigenvalue weighted by atomic mass is 10.0. The van der Waals surface area contributed by atoms with E-state index in [0.717, 1.165) is 0 Å². The molecular formula is C13H14N. The van der Waals surface area contributed by atoms with Crippen molar-refractivity contribution in [3.05, 3.63) is 54.6 Å². The molecule has 0 aliphatic rings. The molecule has 1 radical (unpaired) electrons. The van der Waals surface area contributed by atoms with Gasteiger partial charge in [-0.2, -0.15) is 0 Å². The summed E-state index contributed by atoms with van der Waals surface area (Å²) >= 11 is 0.